The lowest BCUT2D eigenvalue weighted by molar-refractivity contribution is -0.128. The van der Waals surface area contributed by atoms with Crippen molar-refractivity contribution in [2.75, 3.05) is 19.6 Å². The van der Waals surface area contributed by atoms with Gasteiger partial charge in [-0.05, 0) is 18.3 Å². The van der Waals surface area contributed by atoms with Gasteiger partial charge in [-0.3, -0.25) is 9.59 Å². The lowest BCUT2D eigenvalue weighted by Crippen LogP contribution is -2.43. The number of amides is 2. The first-order chi connectivity index (χ1) is 7.65. The van der Waals surface area contributed by atoms with Crippen LogP contribution in [-0.2, 0) is 9.59 Å². The van der Waals surface area contributed by atoms with Crippen LogP contribution < -0.4 is 5.32 Å². The molecular formula is C12H16N2O2. The zero-order valence-electron chi connectivity index (χ0n) is 9.29. The number of hydrogen-bond acceptors (Lipinski definition) is 2. The van der Waals surface area contributed by atoms with Crippen molar-refractivity contribution in [2.45, 2.75) is 19.3 Å². The topological polar surface area (TPSA) is 49.4 Å². The van der Waals surface area contributed by atoms with E-state index in [1.54, 1.807) is 4.90 Å². The van der Waals surface area contributed by atoms with Gasteiger partial charge in [0, 0.05) is 32.1 Å². The molecule has 16 heavy (non-hydrogen) atoms. The molecular weight excluding hydrogens is 204 g/mol. The molecule has 0 aromatic rings. The second kappa shape index (κ2) is 4.14. The molecule has 0 aliphatic carbocycles. The van der Waals surface area contributed by atoms with E-state index in [0.717, 1.165) is 32.5 Å². The molecule has 2 fully saturated rings. The van der Waals surface area contributed by atoms with Crippen LogP contribution in [0.25, 0.3) is 0 Å². The number of likely N-dealkylation sites (tertiary alicyclic amines) is 1. The molecule has 2 amide bonds. The van der Waals surface area contributed by atoms with Crippen LogP contribution in [-0.4, -0.2) is 36.3 Å². The Bertz CT molecular complexity index is 361. The molecule has 1 spiro atoms. The average Bonchev–Trinajstić information content (AvgIpc) is 2.61. The third kappa shape index (κ3) is 2.02. The highest BCUT2D eigenvalue weighted by molar-refractivity contribution is 5.87. The Hall–Kier alpha value is -1.54. The Morgan fingerprint density at radius 2 is 2.19 bits per heavy atom. The maximum absolute atomic E-state index is 11.6. The van der Waals surface area contributed by atoms with Crippen LogP contribution in [0.5, 0.6) is 0 Å². The normalized spacial score (nSPS) is 22.8. The number of nitrogens with one attached hydrogen (secondary N) is 1. The Kier molecular flexibility index (Phi) is 2.84. The van der Waals surface area contributed by atoms with E-state index in [1.807, 2.05) is 0 Å². The van der Waals surface area contributed by atoms with Crippen LogP contribution in [0.15, 0.2) is 18.4 Å². The van der Waals surface area contributed by atoms with Gasteiger partial charge in [-0.2, -0.15) is 0 Å². The second-order valence-electron chi connectivity index (χ2n) is 4.63. The third-order valence-electron chi connectivity index (χ3n) is 3.56. The second-order valence-corrected chi connectivity index (χ2v) is 4.63. The predicted molar refractivity (Wildman–Crippen MR) is 59.6 cm³/mol. The van der Waals surface area contributed by atoms with E-state index in [9.17, 15) is 9.59 Å². The predicted octanol–water partition coefficient (Wildman–Crippen LogP) is 0.456. The van der Waals surface area contributed by atoms with E-state index < -0.39 is 0 Å². The molecule has 0 unspecified atom stereocenters. The van der Waals surface area contributed by atoms with Gasteiger partial charge in [-0.1, -0.05) is 6.58 Å². The summed E-state index contributed by atoms with van der Waals surface area (Å²) in [6, 6.07) is 0. The lowest BCUT2D eigenvalue weighted by Gasteiger charge is -2.37. The van der Waals surface area contributed by atoms with Gasteiger partial charge in [0.2, 0.25) is 5.91 Å². The van der Waals surface area contributed by atoms with Gasteiger partial charge in [0.1, 0.15) is 0 Å². The van der Waals surface area contributed by atoms with E-state index >= 15 is 0 Å². The molecule has 4 nitrogen and oxygen atoms in total. The van der Waals surface area contributed by atoms with Crippen molar-refractivity contribution >= 4 is 11.8 Å². The first kappa shape index (κ1) is 11.0. The largest absolute Gasteiger partial charge is 0.356 e. The molecule has 0 atom stereocenters. The van der Waals surface area contributed by atoms with Crippen molar-refractivity contribution in [1.29, 1.82) is 0 Å². The highest BCUT2D eigenvalue weighted by Crippen LogP contribution is 2.37. The van der Waals surface area contributed by atoms with E-state index in [0.29, 0.717) is 6.42 Å². The molecule has 2 aliphatic rings. The molecule has 2 rings (SSSR count). The molecule has 0 radical (unpaired) electrons. The monoisotopic (exact) mass is 220 g/mol. The summed E-state index contributed by atoms with van der Waals surface area (Å²) in [7, 11) is 0. The van der Waals surface area contributed by atoms with Crippen LogP contribution in [0.1, 0.15) is 19.3 Å². The number of nitrogens with zero attached hydrogens (tertiary/aromatic N) is 1. The Morgan fingerprint density at radius 1 is 1.50 bits per heavy atom. The first-order valence-electron chi connectivity index (χ1n) is 5.57. The first-order valence-corrected chi connectivity index (χ1v) is 5.57. The fourth-order valence-electron chi connectivity index (χ4n) is 2.49. The fourth-order valence-corrected chi connectivity index (χ4v) is 2.49. The molecule has 2 heterocycles. The molecule has 0 aromatic heterocycles. The molecule has 0 aromatic carbocycles. The van der Waals surface area contributed by atoms with Crippen LogP contribution in [0.4, 0.5) is 0 Å². The summed E-state index contributed by atoms with van der Waals surface area (Å²) in [6.45, 7) is 5.62. The van der Waals surface area contributed by atoms with Crippen molar-refractivity contribution in [2.24, 2.45) is 5.41 Å². The quantitative estimate of drug-likeness (QED) is 0.515. The Labute approximate surface area is 95.0 Å². The Balaban J connectivity index is 1.94. The summed E-state index contributed by atoms with van der Waals surface area (Å²) < 4.78 is 0. The van der Waals surface area contributed by atoms with Crippen molar-refractivity contribution in [3.63, 3.8) is 0 Å². The summed E-state index contributed by atoms with van der Waals surface area (Å²) in [6.07, 6.45) is 3.80. The van der Waals surface area contributed by atoms with Gasteiger partial charge in [0.15, 0.2) is 0 Å². The van der Waals surface area contributed by atoms with E-state index in [4.69, 9.17) is 0 Å². The zero-order valence-corrected chi connectivity index (χ0v) is 9.29. The van der Waals surface area contributed by atoms with Crippen molar-refractivity contribution in [3.8, 4) is 0 Å². The third-order valence-corrected chi connectivity index (χ3v) is 3.56. The molecule has 0 bridgehead atoms. The summed E-state index contributed by atoms with van der Waals surface area (Å²) in [5.41, 5.74) is 2.60. The minimum atomic E-state index is -0.0258. The lowest BCUT2D eigenvalue weighted by atomic mass is 9.77. The standard InChI is InChI=1S/C12H16N2O2/c1-2-3-11(16)14-6-4-12(5-7-14)8-10(15)13-9-12/h3H,1,4-9H2,(H,13,15). The van der Waals surface area contributed by atoms with Crippen LogP contribution >= 0.6 is 0 Å². The van der Waals surface area contributed by atoms with E-state index in [2.05, 4.69) is 17.6 Å². The summed E-state index contributed by atoms with van der Waals surface area (Å²) in [5.74, 6) is 0.118. The number of piperidine rings is 1. The van der Waals surface area contributed by atoms with Crippen LogP contribution in [0.2, 0.25) is 0 Å². The zero-order chi connectivity index (χ0) is 11.6. The van der Waals surface area contributed by atoms with Crippen LogP contribution in [0.3, 0.4) is 0 Å². The smallest absolute Gasteiger partial charge is 0.254 e. The van der Waals surface area contributed by atoms with E-state index in [1.165, 1.54) is 6.08 Å². The highest BCUT2D eigenvalue weighted by Gasteiger charge is 2.41. The molecule has 0 saturated carbocycles. The minimum absolute atomic E-state index is 0.0258. The van der Waals surface area contributed by atoms with Gasteiger partial charge in [0.25, 0.3) is 5.91 Å². The molecule has 1 N–H and O–H groups in total. The maximum Gasteiger partial charge on any atom is 0.254 e. The molecule has 86 valence electrons. The minimum Gasteiger partial charge on any atom is -0.356 e. The number of hydrogen-bond donors (Lipinski definition) is 1. The van der Waals surface area contributed by atoms with Gasteiger partial charge < -0.3 is 10.2 Å². The molecule has 2 aliphatic heterocycles. The van der Waals surface area contributed by atoms with Gasteiger partial charge in [0.05, 0.1) is 0 Å². The van der Waals surface area contributed by atoms with Crippen LogP contribution in [0, 0.1) is 5.41 Å². The average molecular weight is 220 g/mol. The summed E-state index contributed by atoms with van der Waals surface area (Å²) in [5, 5.41) is 2.88. The molecule has 2 saturated heterocycles. The van der Waals surface area contributed by atoms with Crippen molar-refractivity contribution in [1.82, 2.24) is 10.2 Å². The van der Waals surface area contributed by atoms with Gasteiger partial charge >= 0.3 is 0 Å². The van der Waals surface area contributed by atoms with Gasteiger partial charge in [-0.15, -0.1) is 5.73 Å². The highest BCUT2D eigenvalue weighted by atomic mass is 16.2. The van der Waals surface area contributed by atoms with Crippen molar-refractivity contribution < 1.29 is 9.59 Å². The summed E-state index contributed by atoms with van der Waals surface area (Å²) >= 11 is 0. The number of carbonyl (C=O) groups is 2. The summed E-state index contributed by atoms with van der Waals surface area (Å²) in [4.78, 5) is 24.6. The number of carbonyl (C=O) groups excluding carboxylic acids is 2. The molecule has 4 heteroatoms. The number of rotatable bonds is 1. The maximum atomic E-state index is 11.6. The fraction of sp³-hybridized carbons (Fsp3) is 0.583. The Morgan fingerprint density at radius 3 is 2.69 bits per heavy atom. The SMILES string of the molecule is C=C=CC(=O)N1CCC2(CC1)CNC(=O)C2. The van der Waals surface area contributed by atoms with E-state index in [-0.39, 0.29) is 17.2 Å². The van der Waals surface area contributed by atoms with Gasteiger partial charge in [-0.25, -0.2) is 0 Å². The van der Waals surface area contributed by atoms with Crippen molar-refractivity contribution in [3.05, 3.63) is 18.4 Å².